The molecule has 0 N–H and O–H groups in total. The number of cyclic esters (lactones) is 1. The molecular formula is C19H24O8. The van der Waals surface area contributed by atoms with E-state index in [0.29, 0.717) is 5.57 Å². The van der Waals surface area contributed by atoms with E-state index in [1.165, 1.54) is 32.1 Å². The van der Waals surface area contributed by atoms with Gasteiger partial charge in [0.1, 0.15) is 6.10 Å². The first kappa shape index (κ1) is 22.1. The zero-order valence-electron chi connectivity index (χ0n) is 16.0. The third kappa shape index (κ3) is 7.47. The summed E-state index contributed by atoms with van der Waals surface area (Å²) in [6.07, 6.45) is 3.61. The summed E-state index contributed by atoms with van der Waals surface area (Å²) in [5.74, 6) is -2.25. The predicted molar refractivity (Wildman–Crippen MR) is 94.3 cm³/mol. The lowest BCUT2D eigenvalue weighted by Gasteiger charge is -2.26. The molecule has 0 saturated carbocycles. The smallest absolute Gasteiger partial charge is 0.334 e. The summed E-state index contributed by atoms with van der Waals surface area (Å²) < 4.78 is 20.7. The molecule has 1 aliphatic rings. The highest BCUT2D eigenvalue weighted by Gasteiger charge is 2.29. The van der Waals surface area contributed by atoms with E-state index in [0.717, 1.165) is 6.08 Å². The molecule has 27 heavy (non-hydrogen) atoms. The molecule has 0 aliphatic carbocycles. The lowest BCUT2D eigenvalue weighted by molar-refractivity contribution is -0.160. The van der Waals surface area contributed by atoms with Crippen LogP contribution in [0.4, 0.5) is 0 Å². The highest BCUT2D eigenvalue weighted by atomic mass is 16.6. The van der Waals surface area contributed by atoms with Crippen LogP contribution in [0.2, 0.25) is 0 Å². The van der Waals surface area contributed by atoms with Gasteiger partial charge in [0.2, 0.25) is 0 Å². The van der Waals surface area contributed by atoms with E-state index >= 15 is 0 Å². The van der Waals surface area contributed by atoms with Crippen molar-refractivity contribution >= 4 is 23.9 Å². The SMILES string of the molecule is C/C=C(\C)C(=O)O[C@H]1C=CC(=O)O[C@H]1/C=C/[C@H](OC(C)=O)[C@H](C)OC(C)=O. The van der Waals surface area contributed by atoms with Crippen molar-refractivity contribution in [2.75, 3.05) is 0 Å². The number of ether oxygens (including phenoxy) is 4. The van der Waals surface area contributed by atoms with Gasteiger partial charge in [-0.05, 0) is 39.0 Å². The van der Waals surface area contributed by atoms with Crippen LogP contribution < -0.4 is 0 Å². The van der Waals surface area contributed by atoms with E-state index in [9.17, 15) is 19.2 Å². The van der Waals surface area contributed by atoms with Gasteiger partial charge < -0.3 is 18.9 Å². The van der Waals surface area contributed by atoms with Crippen LogP contribution in [0.1, 0.15) is 34.6 Å². The first-order valence-electron chi connectivity index (χ1n) is 8.39. The minimum absolute atomic E-state index is 0.407. The fourth-order valence-electron chi connectivity index (χ4n) is 2.14. The minimum Gasteiger partial charge on any atom is -0.459 e. The van der Waals surface area contributed by atoms with Crippen LogP contribution in [0.3, 0.4) is 0 Å². The quantitative estimate of drug-likeness (QED) is 0.285. The van der Waals surface area contributed by atoms with Gasteiger partial charge in [-0.1, -0.05) is 6.08 Å². The Morgan fingerprint density at radius 3 is 2.33 bits per heavy atom. The van der Waals surface area contributed by atoms with Gasteiger partial charge in [0, 0.05) is 25.5 Å². The van der Waals surface area contributed by atoms with Crippen molar-refractivity contribution in [2.45, 2.75) is 59.0 Å². The van der Waals surface area contributed by atoms with Crippen LogP contribution in [0.5, 0.6) is 0 Å². The van der Waals surface area contributed by atoms with Crippen molar-refractivity contribution in [3.05, 3.63) is 36.0 Å². The molecule has 0 aromatic carbocycles. The number of carbonyl (C=O) groups excluding carboxylic acids is 4. The van der Waals surface area contributed by atoms with Crippen LogP contribution in [0.15, 0.2) is 36.0 Å². The van der Waals surface area contributed by atoms with Gasteiger partial charge >= 0.3 is 23.9 Å². The summed E-state index contributed by atoms with van der Waals surface area (Å²) in [5.41, 5.74) is 0.407. The largest absolute Gasteiger partial charge is 0.459 e. The van der Waals surface area contributed by atoms with Crippen LogP contribution in [-0.4, -0.2) is 48.3 Å². The highest BCUT2D eigenvalue weighted by molar-refractivity contribution is 5.88. The summed E-state index contributed by atoms with van der Waals surface area (Å²) >= 11 is 0. The lowest BCUT2D eigenvalue weighted by atomic mass is 10.1. The molecule has 0 amide bonds. The van der Waals surface area contributed by atoms with Gasteiger partial charge in [0.25, 0.3) is 0 Å². The van der Waals surface area contributed by atoms with Crippen molar-refractivity contribution in [3.63, 3.8) is 0 Å². The lowest BCUT2D eigenvalue weighted by Crippen LogP contribution is -2.36. The molecule has 1 aliphatic heterocycles. The Balaban J connectivity index is 2.97. The van der Waals surface area contributed by atoms with Crippen LogP contribution >= 0.6 is 0 Å². The summed E-state index contributed by atoms with van der Waals surface area (Å²) in [6, 6.07) is 0. The first-order valence-corrected chi connectivity index (χ1v) is 8.39. The molecule has 0 unspecified atom stereocenters. The maximum Gasteiger partial charge on any atom is 0.334 e. The zero-order chi connectivity index (χ0) is 20.6. The Morgan fingerprint density at radius 2 is 1.78 bits per heavy atom. The van der Waals surface area contributed by atoms with Gasteiger partial charge in [-0.25, -0.2) is 9.59 Å². The number of esters is 4. The Hall–Kier alpha value is -2.90. The molecule has 4 atom stereocenters. The molecule has 0 aromatic heterocycles. The Bertz CT molecular complexity index is 673. The van der Waals surface area contributed by atoms with Crippen molar-refractivity contribution in [1.82, 2.24) is 0 Å². The maximum absolute atomic E-state index is 12.0. The van der Waals surface area contributed by atoms with E-state index in [1.54, 1.807) is 26.8 Å². The van der Waals surface area contributed by atoms with Gasteiger partial charge in [-0.3, -0.25) is 9.59 Å². The average Bonchev–Trinajstić information content (AvgIpc) is 2.58. The molecule has 0 bridgehead atoms. The molecule has 0 saturated heterocycles. The second-order valence-electron chi connectivity index (χ2n) is 5.88. The number of rotatable bonds is 7. The van der Waals surface area contributed by atoms with Gasteiger partial charge in [0.05, 0.1) is 0 Å². The van der Waals surface area contributed by atoms with Gasteiger partial charge in [0.15, 0.2) is 18.3 Å². The third-order valence-electron chi connectivity index (χ3n) is 3.60. The highest BCUT2D eigenvalue weighted by Crippen LogP contribution is 2.17. The van der Waals surface area contributed by atoms with E-state index in [2.05, 4.69) is 0 Å². The Labute approximate surface area is 157 Å². The first-order chi connectivity index (χ1) is 12.6. The molecule has 0 aromatic rings. The maximum atomic E-state index is 12.0. The van der Waals surface area contributed by atoms with Crippen LogP contribution in [-0.2, 0) is 38.1 Å². The van der Waals surface area contributed by atoms with Gasteiger partial charge in [-0.2, -0.15) is 0 Å². The fraction of sp³-hybridized carbons (Fsp3) is 0.474. The summed E-state index contributed by atoms with van der Waals surface area (Å²) in [7, 11) is 0. The number of carbonyl (C=O) groups is 4. The minimum atomic E-state index is -0.918. The molecule has 1 rings (SSSR count). The summed E-state index contributed by atoms with van der Waals surface area (Å²) in [4.78, 5) is 45.9. The number of allylic oxidation sites excluding steroid dienone is 1. The van der Waals surface area contributed by atoms with Crippen molar-refractivity contribution in [3.8, 4) is 0 Å². The van der Waals surface area contributed by atoms with E-state index in [4.69, 9.17) is 18.9 Å². The zero-order valence-corrected chi connectivity index (χ0v) is 16.0. The van der Waals surface area contributed by atoms with E-state index < -0.39 is 48.3 Å². The molecule has 0 fully saturated rings. The standard InChI is InChI=1S/C19H24O8/c1-6-11(2)19(23)27-17-9-10-18(22)26-16(17)8-7-15(25-14(5)21)12(3)24-13(4)20/h6-10,12,15-17H,1-5H3/b8-7+,11-6+/t12-,15-,16-,17-/m0/s1. The Kier molecular flexibility index (Phi) is 8.44. The van der Waals surface area contributed by atoms with Gasteiger partial charge in [-0.15, -0.1) is 0 Å². The summed E-state index contributed by atoms with van der Waals surface area (Å²) in [6.45, 7) is 7.31. The molecule has 0 radical (unpaired) electrons. The van der Waals surface area contributed by atoms with Crippen molar-refractivity contribution < 1.29 is 38.1 Å². The summed E-state index contributed by atoms with van der Waals surface area (Å²) in [5, 5.41) is 0. The van der Waals surface area contributed by atoms with Crippen LogP contribution in [0.25, 0.3) is 0 Å². The number of hydrogen-bond acceptors (Lipinski definition) is 8. The molecule has 8 nitrogen and oxygen atoms in total. The topological polar surface area (TPSA) is 105 Å². The predicted octanol–water partition coefficient (Wildman–Crippen LogP) is 1.79. The van der Waals surface area contributed by atoms with E-state index in [1.807, 2.05) is 0 Å². The second-order valence-corrected chi connectivity index (χ2v) is 5.88. The molecule has 1 heterocycles. The Morgan fingerprint density at radius 1 is 1.15 bits per heavy atom. The fourth-order valence-corrected chi connectivity index (χ4v) is 2.14. The van der Waals surface area contributed by atoms with Crippen molar-refractivity contribution in [1.29, 1.82) is 0 Å². The molecule has 8 heteroatoms. The molecule has 0 spiro atoms. The monoisotopic (exact) mass is 380 g/mol. The third-order valence-corrected chi connectivity index (χ3v) is 3.60. The van der Waals surface area contributed by atoms with Crippen molar-refractivity contribution in [2.24, 2.45) is 0 Å². The molecule has 148 valence electrons. The average molecular weight is 380 g/mol. The van der Waals surface area contributed by atoms with E-state index in [-0.39, 0.29) is 0 Å². The molecular weight excluding hydrogens is 356 g/mol. The van der Waals surface area contributed by atoms with Crippen LogP contribution in [0, 0.1) is 0 Å². The normalized spacial score (nSPS) is 22.0. The number of hydrogen-bond donors (Lipinski definition) is 0. The second kappa shape index (κ2) is 10.3.